The fourth-order valence-electron chi connectivity index (χ4n) is 2.14. The van der Waals surface area contributed by atoms with Crippen LogP contribution in [0.25, 0.3) is 11.4 Å². The summed E-state index contributed by atoms with van der Waals surface area (Å²) in [6, 6.07) is 12.2. The average Bonchev–Trinajstić information content (AvgIpc) is 2.59. The summed E-state index contributed by atoms with van der Waals surface area (Å²) in [6.07, 6.45) is 1.71. The highest BCUT2D eigenvalue weighted by Gasteiger charge is 2.09. The Morgan fingerprint density at radius 3 is 2.71 bits per heavy atom. The van der Waals surface area contributed by atoms with Gasteiger partial charge in [-0.05, 0) is 37.3 Å². The first-order valence-electron chi connectivity index (χ1n) is 7.45. The Kier molecular flexibility index (Phi) is 4.77. The van der Waals surface area contributed by atoms with Gasteiger partial charge in [-0.1, -0.05) is 17.7 Å². The van der Waals surface area contributed by atoms with Crippen molar-refractivity contribution >= 4 is 29.1 Å². The number of phenols is 1. The topological polar surface area (TPSA) is 83.0 Å². The zero-order valence-electron chi connectivity index (χ0n) is 13.0. The van der Waals surface area contributed by atoms with E-state index in [-0.39, 0.29) is 5.75 Å². The number of nitrogens with zero attached hydrogens (tertiary/aromatic N) is 3. The molecule has 3 N–H and O–H groups in total. The molecule has 0 aliphatic heterocycles. The van der Waals surface area contributed by atoms with Crippen LogP contribution in [-0.2, 0) is 0 Å². The summed E-state index contributed by atoms with van der Waals surface area (Å²) in [6.45, 7) is 2.65. The molecule has 0 atom stereocenters. The third kappa shape index (κ3) is 3.72. The second-order valence-corrected chi connectivity index (χ2v) is 5.43. The zero-order chi connectivity index (χ0) is 16.9. The van der Waals surface area contributed by atoms with Crippen molar-refractivity contribution < 1.29 is 5.11 Å². The van der Waals surface area contributed by atoms with Gasteiger partial charge in [-0.3, -0.25) is 4.98 Å². The van der Waals surface area contributed by atoms with Crippen molar-refractivity contribution in [3.05, 3.63) is 53.7 Å². The summed E-state index contributed by atoms with van der Waals surface area (Å²) in [4.78, 5) is 13.2. The van der Waals surface area contributed by atoms with Gasteiger partial charge >= 0.3 is 0 Å². The van der Waals surface area contributed by atoms with Gasteiger partial charge in [-0.25, -0.2) is 4.98 Å². The predicted molar refractivity (Wildman–Crippen MR) is 95.8 cm³/mol. The van der Waals surface area contributed by atoms with Crippen molar-refractivity contribution in [1.82, 2.24) is 15.0 Å². The lowest BCUT2D eigenvalue weighted by molar-refractivity contribution is 0.477. The summed E-state index contributed by atoms with van der Waals surface area (Å²) in [7, 11) is 0. The molecule has 0 aliphatic rings. The van der Waals surface area contributed by atoms with E-state index in [0.717, 1.165) is 5.69 Å². The minimum absolute atomic E-state index is 0.0856. The van der Waals surface area contributed by atoms with Crippen molar-refractivity contribution in [3.8, 4) is 17.1 Å². The van der Waals surface area contributed by atoms with Crippen LogP contribution in [0.2, 0.25) is 5.02 Å². The number of anilines is 3. The predicted octanol–water partition coefficient (Wildman–Crippen LogP) is 4.07. The molecule has 0 spiro atoms. The van der Waals surface area contributed by atoms with Gasteiger partial charge in [0.25, 0.3) is 0 Å². The molecular formula is C17H16ClN5O. The second kappa shape index (κ2) is 7.14. The van der Waals surface area contributed by atoms with Gasteiger partial charge in [0.05, 0.1) is 17.1 Å². The van der Waals surface area contributed by atoms with Crippen LogP contribution in [0.15, 0.2) is 48.7 Å². The van der Waals surface area contributed by atoms with Crippen molar-refractivity contribution in [3.63, 3.8) is 0 Å². The standard InChI is InChI=1S/C17H16ClN5O/c1-2-19-17-22-13(12-5-3-4-8-20-12)10-16(23-17)21-14-9-11(18)6-7-15(14)24/h3-10,24H,2H2,1H3,(H2,19,21,22,23). The van der Waals surface area contributed by atoms with E-state index in [9.17, 15) is 5.11 Å². The maximum absolute atomic E-state index is 9.96. The maximum Gasteiger partial charge on any atom is 0.225 e. The number of nitrogens with one attached hydrogen (secondary N) is 2. The van der Waals surface area contributed by atoms with Crippen molar-refractivity contribution in [2.45, 2.75) is 6.92 Å². The summed E-state index contributed by atoms with van der Waals surface area (Å²) in [5.41, 5.74) is 1.87. The van der Waals surface area contributed by atoms with Crippen LogP contribution in [-0.4, -0.2) is 26.6 Å². The van der Waals surface area contributed by atoms with Crippen molar-refractivity contribution in [2.24, 2.45) is 0 Å². The van der Waals surface area contributed by atoms with E-state index < -0.39 is 0 Å². The Morgan fingerprint density at radius 1 is 1.08 bits per heavy atom. The van der Waals surface area contributed by atoms with Crippen LogP contribution < -0.4 is 10.6 Å². The molecule has 0 fully saturated rings. The maximum atomic E-state index is 9.96. The number of rotatable bonds is 5. The van der Waals surface area contributed by atoms with Gasteiger partial charge in [-0.15, -0.1) is 0 Å². The molecule has 24 heavy (non-hydrogen) atoms. The normalized spacial score (nSPS) is 10.4. The molecule has 0 amide bonds. The molecule has 0 saturated carbocycles. The monoisotopic (exact) mass is 341 g/mol. The number of aromatic hydroxyl groups is 1. The Balaban J connectivity index is 2.00. The molecule has 3 rings (SSSR count). The highest BCUT2D eigenvalue weighted by atomic mass is 35.5. The number of halogens is 1. The smallest absolute Gasteiger partial charge is 0.225 e. The molecule has 0 bridgehead atoms. The Labute approximate surface area is 144 Å². The minimum atomic E-state index is 0.0856. The van der Waals surface area contributed by atoms with Gasteiger partial charge in [0.15, 0.2) is 0 Å². The molecule has 3 aromatic rings. The van der Waals surface area contributed by atoms with E-state index in [2.05, 4.69) is 25.6 Å². The molecule has 122 valence electrons. The van der Waals surface area contributed by atoms with Gasteiger partial charge in [0, 0.05) is 23.8 Å². The van der Waals surface area contributed by atoms with Crippen molar-refractivity contribution in [2.75, 3.05) is 17.2 Å². The highest BCUT2D eigenvalue weighted by molar-refractivity contribution is 6.30. The van der Waals surface area contributed by atoms with Crippen LogP contribution >= 0.6 is 11.6 Å². The fourth-order valence-corrected chi connectivity index (χ4v) is 2.31. The lowest BCUT2D eigenvalue weighted by Crippen LogP contribution is -2.05. The molecule has 2 aromatic heterocycles. The first-order chi connectivity index (χ1) is 11.7. The number of hydrogen-bond donors (Lipinski definition) is 3. The average molecular weight is 342 g/mol. The van der Waals surface area contributed by atoms with Gasteiger partial charge in [0.1, 0.15) is 11.6 Å². The van der Waals surface area contributed by atoms with E-state index in [1.165, 1.54) is 6.07 Å². The van der Waals surface area contributed by atoms with E-state index in [1.807, 2.05) is 25.1 Å². The van der Waals surface area contributed by atoms with Gasteiger partial charge in [0.2, 0.25) is 5.95 Å². The van der Waals surface area contributed by atoms with E-state index in [1.54, 1.807) is 24.4 Å². The van der Waals surface area contributed by atoms with Crippen LogP contribution in [0.4, 0.5) is 17.5 Å². The number of pyridine rings is 1. The number of phenolic OH excluding ortho intramolecular Hbond substituents is 1. The summed E-state index contributed by atoms with van der Waals surface area (Å²) in [5.74, 6) is 1.09. The van der Waals surface area contributed by atoms with E-state index in [0.29, 0.717) is 34.7 Å². The molecular weight excluding hydrogens is 326 g/mol. The molecule has 0 saturated heterocycles. The van der Waals surface area contributed by atoms with E-state index in [4.69, 9.17) is 11.6 Å². The second-order valence-electron chi connectivity index (χ2n) is 4.99. The van der Waals surface area contributed by atoms with Crippen molar-refractivity contribution in [1.29, 1.82) is 0 Å². The third-order valence-corrected chi connectivity index (χ3v) is 3.44. The van der Waals surface area contributed by atoms with Gasteiger partial charge in [-0.2, -0.15) is 4.98 Å². The molecule has 0 unspecified atom stereocenters. The van der Waals surface area contributed by atoms with Crippen LogP contribution in [0.1, 0.15) is 6.92 Å². The Bertz CT molecular complexity index is 842. The number of benzene rings is 1. The highest BCUT2D eigenvalue weighted by Crippen LogP contribution is 2.30. The number of aromatic nitrogens is 3. The molecule has 6 nitrogen and oxygen atoms in total. The quantitative estimate of drug-likeness (QED) is 0.607. The summed E-state index contributed by atoms with van der Waals surface area (Å²) >= 11 is 5.99. The molecule has 7 heteroatoms. The largest absolute Gasteiger partial charge is 0.506 e. The minimum Gasteiger partial charge on any atom is -0.506 e. The zero-order valence-corrected chi connectivity index (χ0v) is 13.7. The summed E-state index contributed by atoms with van der Waals surface area (Å²) < 4.78 is 0. The molecule has 1 aromatic carbocycles. The fraction of sp³-hybridized carbons (Fsp3) is 0.118. The Morgan fingerprint density at radius 2 is 1.96 bits per heavy atom. The lowest BCUT2D eigenvalue weighted by atomic mass is 10.2. The molecule has 2 heterocycles. The lowest BCUT2D eigenvalue weighted by Gasteiger charge is -2.11. The SMILES string of the molecule is CCNc1nc(Nc2cc(Cl)ccc2O)cc(-c2ccccn2)n1. The van der Waals surface area contributed by atoms with Gasteiger partial charge < -0.3 is 15.7 Å². The van der Waals surface area contributed by atoms with Crippen LogP contribution in [0.5, 0.6) is 5.75 Å². The van der Waals surface area contributed by atoms with E-state index >= 15 is 0 Å². The summed E-state index contributed by atoms with van der Waals surface area (Å²) in [5, 5.41) is 16.6. The van der Waals surface area contributed by atoms with Crippen LogP contribution in [0, 0.1) is 0 Å². The first-order valence-corrected chi connectivity index (χ1v) is 7.83. The third-order valence-electron chi connectivity index (χ3n) is 3.21. The molecule has 0 aliphatic carbocycles. The van der Waals surface area contributed by atoms with Crippen LogP contribution in [0.3, 0.4) is 0 Å². The number of hydrogen-bond acceptors (Lipinski definition) is 6. The molecule has 0 radical (unpaired) electrons. The first kappa shape index (κ1) is 16.0. The Hall–Kier alpha value is -2.86.